The first-order chi connectivity index (χ1) is 14.2. The highest BCUT2D eigenvalue weighted by molar-refractivity contribution is 6.08. The van der Waals surface area contributed by atoms with E-state index in [1.807, 2.05) is 61.5 Å². The topological polar surface area (TPSA) is 49.9 Å². The van der Waals surface area contributed by atoms with Gasteiger partial charge in [-0.2, -0.15) is 0 Å². The fraction of sp³-hybridized carbons (Fsp3) is 0.417. The summed E-state index contributed by atoms with van der Waals surface area (Å²) in [6.07, 6.45) is 4.42. The lowest BCUT2D eigenvalue weighted by Crippen LogP contribution is -2.44. The minimum atomic E-state index is -0.741. The molecule has 2 saturated heterocycles. The molecule has 3 atom stereocenters. The van der Waals surface area contributed by atoms with Gasteiger partial charge in [0.25, 0.3) is 5.91 Å². The van der Waals surface area contributed by atoms with Crippen LogP contribution in [0.15, 0.2) is 54.6 Å². The van der Waals surface area contributed by atoms with Gasteiger partial charge in [-0.05, 0) is 43.0 Å². The Morgan fingerprint density at radius 2 is 1.55 bits per heavy atom. The molecule has 1 saturated carbocycles. The molecule has 1 aliphatic carbocycles. The van der Waals surface area contributed by atoms with Crippen LogP contribution in [0.4, 0.5) is 5.69 Å². The van der Waals surface area contributed by atoms with Crippen molar-refractivity contribution in [3.05, 3.63) is 65.7 Å². The van der Waals surface area contributed by atoms with Crippen molar-refractivity contribution in [1.82, 2.24) is 4.90 Å². The first kappa shape index (κ1) is 18.4. The number of amides is 2. The third kappa shape index (κ3) is 2.96. The van der Waals surface area contributed by atoms with Crippen LogP contribution in [0, 0.1) is 12.8 Å². The number of para-hydroxylation sites is 1. The molecule has 0 N–H and O–H groups in total. The van der Waals surface area contributed by atoms with Crippen molar-refractivity contribution < 1.29 is 14.4 Å². The van der Waals surface area contributed by atoms with E-state index in [4.69, 9.17) is 4.84 Å². The number of hydroxylamine groups is 1. The summed E-state index contributed by atoms with van der Waals surface area (Å²) in [7, 11) is 0. The van der Waals surface area contributed by atoms with Crippen molar-refractivity contribution in [3.63, 3.8) is 0 Å². The van der Waals surface area contributed by atoms with Gasteiger partial charge in [0, 0.05) is 6.04 Å². The number of nitrogens with zero attached hydrogens (tertiary/aromatic N) is 2. The molecule has 2 amide bonds. The zero-order chi connectivity index (χ0) is 20.0. The summed E-state index contributed by atoms with van der Waals surface area (Å²) in [5.74, 6) is -0.742. The van der Waals surface area contributed by atoms with E-state index in [1.54, 1.807) is 9.96 Å². The first-order valence-corrected chi connectivity index (χ1v) is 10.6. The molecule has 150 valence electrons. The summed E-state index contributed by atoms with van der Waals surface area (Å²) in [6, 6.07) is 17.5. The maximum Gasteiger partial charge on any atom is 0.262 e. The number of hydrogen-bond donors (Lipinski definition) is 0. The number of benzene rings is 2. The molecule has 0 radical (unpaired) electrons. The molecular formula is C24H26N2O3. The minimum absolute atomic E-state index is 0.0284. The fourth-order valence-electron chi connectivity index (χ4n) is 5.17. The Bertz CT molecular complexity index is 923. The van der Waals surface area contributed by atoms with E-state index in [0.717, 1.165) is 42.5 Å². The van der Waals surface area contributed by atoms with Gasteiger partial charge < -0.3 is 0 Å². The van der Waals surface area contributed by atoms with Crippen LogP contribution in [0.5, 0.6) is 0 Å². The molecule has 5 heteroatoms. The van der Waals surface area contributed by atoms with Gasteiger partial charge >= 0.3 is 0 Å². The number of anilines is 1. The van der Waals surface area contributed by atoms with E-state index in [-0.39, 0.29) is 23.9 Å². The van der Waals surface area contributed by atoms with Crippen molar-refractivity contribution in [3.8, 4) is 0 Å². The van der Waals surface area contributed by atoms with E-state index in [1.165, 1.54) is 6.42 Å². The Morgan fingerprint density at radius 3 is 2.28 bits per heavy atom. The SMILES string of the molecule is Cc1ccccc1[C@@H]1[C@@H]2C(=O)N(C3CCCCC3)C(=O)[C@@H]2ON1c1ccccc1. The Labute approximate surface area is 171 Å². The number of carbonyl (C=O) groups excluding carboxylic acids is 2. The van der Waals surface area contributed by atoms with Crippen molar-refractivity contribution in [2.24, 2.45) is 5.92 Å². The van der Waals surface area contributed by atoms with Crippen molar-refractivity contribution in [1.29, 1.82) is 0 Å². The molecule has 0 spiro atoms. The van der Waals surface area contributed by atoms with Crippen LogP contribution in [0.1, 0.15) is 49.3 Å². The fourth-order valence-corrected chi connectivity index (χ4v) is 5.17. The third-order valence-electron chi connectivity index (χ3n) is 6.61. The van der Waals surface area contributed by atoms with Gasteiger partial charge in [0.15, 0.2) is 6.10 Å². The van der Waals surface area contributed by atoms with Gasteiger partial charge in [-0.1, -0.05) is 61.7 Å². The molecular weight excluding hydrogens is 364 g/mol. The number of fused-ring (bicyclic) bond motifs is 1. The molecule has 0 unspecified atom stereocenters. The lowest BCUT2D eigenvalue weighted by Gasteiger charge is -2.33. The Kier molecular flexibility index (Phi) is 4.63. The van der Waals surface area contributed by atoms with Gasteiger partial charge in [-0.15, -0.1) is 0 Å². The lowest BCUT2D eigenvalue weighted by atomic mass is 9.88. The van der Waals surface area contributed by atoms with Crippen LogP contribution in [0.3, 0.4) is 0 Å². The number of aryl methyl sites for hydroxylation is 1. The molecule has 2 aliphatic heterocycles. The normalized spacial score (nSPS) is 27.6. The molecule has 3 aliphatic rings. The molecule has 2 aromatic carbocycles. The zero-order valence-corrected chi connectivity index (χ0v) is 16.7. The first-order valence-electron chi connectivity index (χ1n) is 10.6. The largest absolute Gasteiger partial charge is 0.277 e. The quantitative estimate of drug-likeness (QED) is 0.738. The minimum Gasteiger partial charge on any atom is -0.277 e. The summed E-state index contributed by atoms with van der Waals surface area (Å²) in [6.45, 7) is 2.05. The Morgan fingerprint density at radius 1 is 0.862 bits per heavy atom. The molecule has 5 nitrogen and oxygen atoms in total. The summed E-state index contributed by atoms with van der Waals surface area (Å²) in [5, 5.41) is 1.78. The molecule has 5 rings (SSSR count). The monoisotopic (exact) mass is 390 g/mol. The van der Waals surface area contributed by atoms with Gasteiger partial charge in [-0.25, -0.2) is 5.06 Å². The van der Waals surface area contributed by atoms with Crippen LogP contribution in [-0.4, -0.2) is 28.9 Å². The summed E-state index contributed by atoms with van der Waals surface area (Å²) in [5.41, 5.74) is 2.99. The summed E-state index contributed by atoms with van der Waals surface area (Å²) in [4.78, 5) is 34.6. The highest BCUT2D eigenvalue weighted by Gasteiger charge is 2.61. The average Bonchev–Trinajstić information content (AvgIpc) is 3.26. The van der Waals surface area contributed by atoms with E-state index in [2.05, 4.69) is 0 Å². The molecule has 3 fully saturated rings. The predicted molar refractivity (Wildman–Crippen MR) is 110 cm³/mol. The number of likely N-dealkylation sites (tertiary alicyclic amines) is 1. The number of hydrogen-bond acceptors (Lipinski definition) is 4. The standard InChI is InChI=1S/C24H26N2O3/c1-16-10-8-9-15-19(16)21-20-22(29-26(21)18-13-6-3-7-14-18)24(28)25(23(20)27)17-11-4-2-5-12-17/h3,6-10,13-15,17,20-22H,2,4-5,11-12H2,1H3/t20-,21+,22+/m0/s1. The highest BCUT2D eigenvalue weighted by atomic mass is 16.7. The maximum atomic E-state index is 13.6. The van der Waals surface area contributed by atoms with Gasteiger partial charge in [0.2, 0.25) is 5.91 Å². The molecule has 0 bridgehead atoms. The van der Waals surface area contributed by atoms with E-state index in [0.29, 0.717) is 0 Å². The second kappa shape index (κ2) is 7.30. The van der Waals surface area contributed by atoms with Crippen LogP contribution in [-0.2, 0) is 14.4 Å². The second-order valence-electron chi connectivity index (χ2n) is 8.35. The second-order valence-corrected chi connectivity index (χ2v) is 8.35. The smallest absolute Gasteiger partial charge is 0.262 e. The van der Waals surface area contributed by atoms with Crippen molar-refractivity contribution in [2.45, 2.75) is 57.2 Å². The number of imide groups is 1. The summed E-state index contributed by atoms with van der Waals surface area (Å²) >= 11 is 0. The van der Waals surface area contributed by atoms with E-state index in [9.17, 15) is 9.59 Å². The predicted octanol–water partition coefficient (Wildman–Crippen LogP) is 4.17. The molecule has 2 aromatic rings. The highest BCUT2D eigenvalue weighted by Crippen LogP contribution is 2.48. The average molecular weight is 390 g/mol. The van der Waals surface area contributed by atoms with Gasteiger partial charge in [0.1, 0.15) is 5.92 Å². The Balaban J connectivity index is 1.56. The van der Waals surface area contributed by atoms with Gasteiger partial charge in [-0.3, -0.25) is 19.3 Å². The lowest BCUT2D eigenvalue weighted by molar-refractivity contribution is -0.146. The third-order valence-corrected chi connectivity index (χ3v) is 6.61. The van der Waals surface area contributed by atoms with Crippen molar-refractivity contribution >= 4 is 17.5 Å². The maximum absolute atomic E-state index is 13.6. The van der Waals surface area contributed by atoms with E-state index >= 15 is 0 Å². The number of carbonyl (C=O) groups is 2. The van der Waals surface area contributed by atoms with E-state index < -0.39 is 12.0 Å². The molecule has 2 heterocycles. The van der Waals surface area contributed by atoms with Crippen LogP contribution in [0.25, 0.3) is 0 Å². The van der Waals surface area contributed by atoms with Crippen LogP contribution < -0.4 is 5.06 Å². The Hall–Kier alpha value is -2.66. The summed E-state index contributed by atoms with van der Waals surface area (Å²) < 4.78 is 0. The van der Waals surface area contributed by atoms with Gasteiger partial charge in [0.05, 0.1) is 11.7 Å². The van der Waals surface area contributed by atoms with Crippen molar-refractivity contribution in [2.75, 3.05) is 5.06 Å². The number of rotatable bonds is 3. The van der Waals surface area contributed by atoms with Crippen LogP contribution in [0.2, 0.25) is 0 Å². The molecule has 29 heavy (non-hydrogen) atoms. The zero-order valence-electron chi connectivity index (χ0n) is 16.7. The van der Waals surface area contributed by atoms with Crippen LogP contribution >= 0.6 is 0 Å². The molecule has 0 aromatic heterocycles.